The van der Waals surface area contributed by atoms with Crippen molar-refractivity contribution in [3.05, 3.63) is 89.1 Å². The molecule has 0 saturated carbocycles. The van der Waals surface area contributed by atoms with Crippen molar-refractivity contribution >= 4 is 41.3 Å². The predicted octanol–water partition coefficient (Wildman–Crippen LogP) is 6.34. The number of H-pyrrole nitrogens is 1. The van der Waals surface area contributed by atoms with E-state index in [0.717, 1.165) is 31.6 Å². The van der Waals surface area contributed by atoms with Gasteiger partial charge in [-0.3, -0.25) is 9.78 Å². The lowest BCUT2D eigenvalue weighted by molar-refractivity contribution is -0.107. The lowest BCUT2D eigenvalue weighted by Gasteiger charge is -2.38. The van der Waals surface area contributed by atoms with Crippen molar-refractivity contribution in [2.45, 2.75) is 45.7 Å². The van der Waals surface area contributed by atoms with Gasteiger partial charge in [0.25, 0.3) is 6.43 Å². The lowest BCUT2D eigenvalue weighted by Crippen LogP contribution is -2.42. The summed E-state index contributed by atoms with van der Waals surface area (Å²) in [6.45, 7) is 8.57. The van der Waals surface area contributed by atoms with Crippen LogP contribution in [0, 0.1) is 19.7 Å². The van der Waals surface area contributed by atoms with E-state index in [9.17, 15) is 18.0 Å². The van der Waals surface area contributed by atoms with Crippen molar-refractivity contribution < 1.29 is 22.7 Å². The number of halogens is 3. The smallest absolute Gasteiger partial charge is 0.272 e. The molecule has 9 nitrogen and oxygen atoms in total. The predicted molar refractivity (Wildman–Crippen MR) is 178 cm³/mol. The molecule has 12 heteroatoms. The molecule has 0 spiro atoms. The molecule has 1 aliphatic heterocycles. The van der Waals surface area contributed by atoms with Crippen molar-refractivity contribution in [2.24, 2.45) is 10.2 Å². The molecular weight excluding hydrogens is 595 g/mol. The van der Waals surface area contributed by atoms with Crippen molar-refractivity contribution in [3.63, 3.8) is 0 Å². The Hall–Kier alpha value is -4.71. The number of amides is 1. The Balaban J connectivity index is 0.000000363. The maximum atomic E-state index is 14.2. The van der Waals surface area contributed by atoms with Gasteiger partial charge in [0.1, 0.15) is 5.82 Å². The molecule has 1 amide bonds. The Kier molecular flexibility index (Phi) is 11.9. The number of fused-ring (bicyclic) bond motifs is 1. The number of benzene rings is 2. The number of carbonyl (C=O) groups excluding carboxylic acids is 1. The molecule has 1 N–H and O–H groups in total. The molecule has 0 unspecified atom stereocenters. The molecule has 3 heterocycles. The standard InChI is InChI=1S/C24H29F3N6O2.C10H11N/c1-28-30-24(35-15-23(26)27)17-4-6-19(29-13-17)14-33(16-34)22-12-18(25)5-7-21(22)32(3)20-8-10-31(2)11-9-20;1-7-3-4-10-9(5-7)6-8(2)11-10/h4-7,12-13,16,20,23H,1,8-11,14-15H2,2-3H3;3-6,11H,1-2H3/b30-24-;. The first kappa shape index (κ1) is 34.2. The first-order valence-corrected chi connectivity index (χ1v) is 15.0. The van der Waals surface area contributed by atoms with Crippen LogP contribution in [-0.4, -0.2) is 80.2 Å². The highest BCUT2D eigenvalue weighted by molar-refractivity contribution is 5.93. The quantitative estimate of drug-likeness (QED) is 0.0951. The van der Waals surface area contributed by atoms with Crippen LogP contribution in [0.1, 0.15) is 35.4 Å². The number of piperidine rings is 1. The minimum Gasteiger partial charge on any atom is -0.470 e. The van der Waals surface area contributed by atoms with Crippen LogP contribution in [0.3, 0.4) is 0 Å². The largest absolute Gasteiger partial charge is 0.470 e. The number of nitrogens with one attached hydrogen (secondary N) is 1. The van der Waals surface area contributed by atoms with E-state index in [1.54, 1.807) is 18.2 Å². The fourth-order valence-corrected chi connectivity index (χ4v) is 5.38. The second-order valence-electron chi connectivity index (χ2n) is 11.3. The van der Waals surface area contributed by atoms with Crippen LogP contribution >= 0.6 is 0 Å². The van der Waals surface area contributed by atoms with Gasteiger partial charge in [0.05, 0.1) is 29.2 Å². The van der Waals surface area contributed by atoms with Crippen LogP contribution in [0.15, 0.2) is 71.0 Å². The highest BCUT2D eigenvalue weighted by atomic mass is 19.3. The number of aromatic nitrogens is 2. The molecule has 5 rings (SSSR count). The van der Waals surface area contributed by atoms with E-state index in [1.807, 2.05) is 7.05 Å². The summed E-state index contributed by atoms with van der Waals surface area (Å²) in [6.07, 6.45) is 1.27. The van der Waals surface area contributed by atoms with Gasteiger partial charge in [0, 0.05) is 37.2 Å². The van der Waals surface area contributed by atoms with Crippen LogP contribution in [0.4, 0.5) is 24.5 Å². The third kappa shape index (κ3) is 9.16. The molecule has 0 aliphatic carbocycles. The molecule has 0 radical (unpaired) electrons. The van der Waals surface area contributed by atoms with Crippen LogP contribution in [-0.2, 0) is 16.1 Å². The minimum atomic E-state index is -2.67. The molecule has 2 aromatic carbocycles. The topological polar surface area (TPSA) is 89.4 Å². The van der Waals surface area contributed by atoms with E-state index >= 15 is 0 Å². The Bertz CT molecular complexity index is 1630. The first-order valence-electron chi connectivity index (χ1n) is 15.0. The van der Waals surface area contributed by atoms with Crippen LogP contribution in [0.2, 0.25) is 0 Å². The third-order valence-electron chi connectivity index (χ3n) is 7.81. The average Bonchev–Trinajstić information content (AvgIpc) is 3.41. The number of alkyl halides is 2. The van der Waals surface area contributed by atoms with E-state index in [0.29, 0.717) is 23.4 Å². The summed E-state index contributed by atoms with van der Waals surface area (Å²) in [5.41, 5.74) is 5.78. The number of pyridine rings is 1. The first-order chi connectivity index (χ1) is 22.1. The van der Waals surface area contributed by atoms with Gasteiger partial charge in [0.2, 0.25) is 12.3 Å². The van der Waals surface area contributed by atoms with Gasteiger partial charge in [0.15, 0.2) is 6.61 Å². The molecule has 2 aromatic heterocycles. The third-order valence-corrected chi connectivity index (χ3v) is 7.81. The summed E-state index contributed by atoms with van der Waals surface area (Å²) in [7, 11) is 4.04. The minimum absolute atomic E-state index is 0.0750. The molecule has 1 saturated heterocycles. The van der Waals surface area contributed by atoms with Crippen molar-refractivity contribution in [1.29, 1.82) is 0 Å². The normalized spacial score (nSPS) is 14.1. The number of aromatic amines is 1. The van der Waals surface area contributed by atoms with Crippen molar-refractivity contribution in [3.8, 4) is 0 Å². The average molecular weight is 636 g/mol. The second kappa shape index (κ2) is 16.0. The number of rotatable bonds is 10. The zero-order chi connectivity index (χ0) is 33.2. The number of ether oxygens (including phenoxy) is 1. The molecule has 4 aromatic rings. The zero-order valence-electron chi connectivity index (χ0n) is 26.6. The molecule has 1 aliphatic rings. The number of likely N-dealkylation sites (tertiary alicyclic amines) is 1. The molecule has 46 heavy (non-hydrogen) atoms. The number of carbonyl (C=O) groups is 1. The number of aryl methyl sites for hydroxylation is 2. The summed E-state index contributed by atoms with van der Waals surface area (Å²) in [5, 5.41) is 8.27. The van der Waals surface area contributed by atoms with Gasteiger partial charge in [-0.25, -0.2) is 13.2 Å². The van der Waals surface area contributed by atoms with E-state index < -0.39 is 18.8 Å². The summed E-state index contributed by atoms with van der Waals surface area (Å²) >= 11 is 0. The van der Waals surface area contributed by atoms with Gasteiger partial charge >= 0.3 is 0 Å². The second-order valence-corrected chi connectivity index (χ2v) is 11.3. The molecule has 244 valence electrons. The van der Waals surface area contributed by atoms with Crippen LogP contribution in [0.25, 0.3) is 10.9 Å². The maximum absolute atomic E-state index is 14.2. The number of hydrogen-bond donors (Lipinski definition) is 1. The van der Waals surface area contributed by atoms with Gasteiger partial charge in [-0.2, -0.15) is 5.10 Å². The highest BCUT2D eigenvalue weighted by Crippen LogP contribution is 2.33. The Labute approximate surface area is 267 Å². The molecule has 1 fully saturated rings. The monoisotopic (exact) mass is 635 g/mol. The lowest BCUT2D eigenvalue weighted by atomic mass is 10.0. The van der Waals surface area contributed by atoms with E-state index in [2.05, 4.69) is 81.8 Å². The Morgan fingerprint density at radius 2 is 1.89 bits per heavy atom. The fourth-order valence-electron chi connectivity index (χ4n) is 5.38. The molecular formula is C34H40F3N7O2. The summed E-state index contributed by atoms with van der Waals surface area (Å²) in [6, 6.07) is 16.5. The molecule has 0 bridgehead atoms. The van der Waals surface area contributed by atoms with Crippen LogP contribution < -0.4 is 9.80 Å². The summed E-state index contributed by atoms with van der Waals surface area (Å²) in [5.74, 6) is -0.594. The van der Waals surface area contributed by atoms with Crippen molar-refractivity contribution in [1.82, 2.24) is 14.9 Å². The zero-order valence-corrected chi connectivity index (χ0v) is 26.6. The molecule has 0 atom stereocenters. The van der Waals surface area contributed by atoms with Gasteiger partial charge in [-0.1, -0.05) is 11.6 Å². The van der Waals surface area contributed by atoms with E-state index in [-0.39, 0.29) is 18.5 Å². The summed E-state index contributed by atoms with van der Waals surface area (Å²) < 4.78 is 44.2. The van der Waals surface area contributed by atoms with E-state index in [4.69, 9.17) is 4.74 Å². The van der Waals surface area contributed by atoms with Crippen LogP contribution in [0.5, 0.6) is 0 Å². The van der Waals surface area contributed by atoms with Crippen molar-refractivity contribution in [2.75, 3.05) is 43.6 Å². The van der Waals surface area contributed by atoms with Gasteiger partial charge in [-0.15, -0.1) is 5.10 Å². The summed E-state index contributed by atoms with van der Waals surface area (Å²) in [4.78, 5) is 25.4. The highest BCUT2D eigenvalue weighted by Gasteiger charge is 2.24. The van der Waals surface area contributed by atoms with E-state index in [1.165, 1.54) is 45.4 Å². The SMILES string of the molecule is C=N/N=C(\OCC(F)F)c1ccc(CN(C=O)c2cc(F)ccc2N(C)C2CCN(C)CC2)nc1.Cc1ccc2[nH]c(C)cc2c1. The Morgan fingerprint density at radius 3 is 2.54 bits per heavy atom. The number of anilines is 2. The Morgan fingerprint density at radius 1 is 1.13 bits per heavy atom. The van der Waals surface area contributed by atoms with Gasteiger partial charge in [-0.05, 0) is 101 Å². The van der Waals surface area contributed by atoms with Gasteiger partial charge < -0.3 is 24.4 Å². The number of nitrogens with zero attached hydrogens (tertiary/aromatic N) is 6. The maximum Gasteiger partial charge on any atom is 0.272 e. The number of hydrogen-bond acceptors (Lipinski definition) is 7. The fraction of sp³-hybridized carbons (Fsp3) is 0.353.